The number of fused-ring (bicyclic) bond motifs is 1. The first-order valence-electron chi connectivity index (χ1n) is 7.36. The van der Waals surface area contributed by atoms with Gasteiger partial charge < -0.3 is 15.0 Å². The van der Waals surface area contributed by atoms with Gasteiger partial charge in [-0.15, -0.1) is 0 Å². The molecule has 1 amide bonds. The fourth-order valence-corrected chi connectivity index (χ4v) is 2.16. The zero-order valence-corrected chi connectivity index (χ0v) is 13.1. The van der Waals surface area contributed by atoms with Crippen LogP contribution in [0.3, 0.4) is 0 Å². The highest BCUT2D eigenvalue weighted by atomic mass is 16.6. The monoisotopic (exact) mass is 342 g/mol. The third kappa shape index (κ3) is 3.80. The van der Waals surface area contributed by atoms with Crippen LogP contribution in [0.15, 0.2) is 36.5 Å². The van der Waals surface area contributed by atoms with Gasteiger partial charge in [-0.3, -0.25) is 15.4 Å². The first-order valence-corrected chi connectivity index (χ1v) is 7.36. The Balaban J connectivity index is 1.80. The molecule has 0 radical (unpaired) electrons. The van der Waals surface area contributed by atoms with Gasteiger partial charge in [0.05, 0.1) is 28.9 Å². The predicted octanol–water partition coefficient (Wildman–Crippen LogP) is 3.18. The van der Waals surface area contributed by atoms with Crippen LogP contribution in [0.1, 0.15) is 6.92 Å². The maximum Gasteiger partial charge on any atom is 0.413 e. The number of hydrogen-bond acceptors (Lipinski definition) is 7. The van der Waals surface area contributed by atoms with Crippen molar-refractivity contribution in [1.82, 2.24) is 15.0 Å². The first-order chi connectivity index (χ1) is 12.0. The molecule has 10 heteroatoms. The lowest BCUT2D eigenvalue weighted by Gasteiger charge is -2.05. The number of hydrogen-bond donors (Lipinski definition) is 3. The number of anilines is 3. The standard InChI is InChI=1S/C15H14N6O4/c1-2-25-15(22)20-14-18-12-7-10(8-16-13(12)19-14)17-9-4-3-5-11(6-9)21(23)24/h3-8,17H,2H2,1H3,(H2,16,18,19,20,22). The number of carbonyl (C=O) groups is 1. The molecular formula is C15H14N6O4. The molecule has 0 aliphatic rings. The van der Waals surface area contributed by atoms with E-state index < -0.39 is 11.0 Å². The van der Waals surface area contributed by atoms with Crippen molar-refractivity contribution in [3.63, 3.8) is 0 Å². The SMILES string of the molecule is CCOC(=O)Nc1nc2ncc(Nc3cccc([N+](=O)[O-])c3)cc2[nH]1. The Labute approximate surface area is 141 Å². The van der Waals surface area contributed by atoms with Crippen LogP contribution in [-0.4, -0.2) is 32.6 Å². The molecule has 25 heavy (non-hydrogen) atoms. The summed E-state index contributed by atoms with van der Waals surface area (Å²) in [5, 5.41) is 16.3. The van der Waals surface area contributed by atoms with Crippen molar-refractivity contribution >= 4 is 40.3 Å². The minimum absolute atomic E-state index is 0.0125. The molecule has 2 aromatic heterocycles. The van der Waals surface area contributed by atoms with Gasteiger partial charge in [-0.1, -0.05) is 6.07 Å². The number of non-ortho nitro benzene ring substituents is 1. The molecule has 3 rings (SSSR count). The molecular weight excluding hydrogens is 328 g/mol. The second-order valence-corrected chi connectivity index (χ2v) is 4.96. The summed E-state index contributed by atoms with van der Waals surface area (Å²) in [5.74, 6) is 0.216. The van der Waals surface area contributed by atoms with Crippen molar-refractivity contribution in [2.75, 3.05) is 17.2 Å². The molecule has 3 N–H and O–H groups in total. The van der Waals surface area contributed by atoms with E-state index in [0.717, 1.165) is 0 Å². The van der Waals surface area contributed by atoms with Gasteiger partial charge in [-0.25, -0.2) is 9.78 Å². The summed E-state index contributed by atoms with van der Waals surface area (Å²) in [5.41, 5.74) is 2.15. The number of benzene rings is 1. The van der Waals surface area contributed by atoms with E-state index >= 15 is 0 Å². The fourth-order valence-electron chi connectivity index (χ4n) is 2.16. The summed E-state index contributed by atoms with van der Waals surface area (Å²) < 4.78 is 4.78. The molecule has 0 bridgehead atoms. The van der Waals surface area contributed by atoms with Gasteiger partial charge in [0, 0.05) is 17.8 Å². The minimum Gasteiger partial charge on any atom is -0.450 e. The van der Waals surface area contributed by atoms with Crippen LogP contribution in [0.2, 0.25) is 0 Å². The molecule has 0 saturated carbocycles. The van der Waals surface area contributed by atoms with Crippen molar-refractivity contribution in [3.8, 4) is 0 Å². The number of nitro benzene ring substituents is 1. The topological polar surface area (TPSA) is 135 Å². The average Bonchev–Trinajstić information content (AvgIpc) is 2.96. The van der Waals surface area contributed by atoms with E-state index in [0.29, 0.717) is 22.5 Å². The summed E-state index contributed by atoms with van der Waals surface area (Å²) >= 11 is 0. The Morgan fingerprint density at radius 2 is 2.20 bits per heavy atom. The highest BCUT2D eigenvalue weighted by molar-refractivity contribution is 5.86. The Bertz CT molecular complexity index is 939. The van der Waals surface area contributed by atoms with Gasteiger partial charge in [0.1, 0.15) is 0 Å². The first kappa shape index (κ1) is 16.2. The van der Waals surface area contributed by atoms with E-state index in [4.69, 9.17) is 4.74 Å². The number of nitrogens with one attached hydrogen (secondary N) is 3. The number of aromatic amines is 1. The molecule has 0 aliphatic heterocycles. The number of rotatable bonds is 5. The highest BCUT2D eigenvalue weighted by Crippen LogP contribution is 2.23. The zero-order valence-electron chi connectivity index (χ0n) is 13.1. The highest BCUT2D eigenvalue weighted by Gasteiger charge is 2.10. The largest absolute Gasteiger partial charge is 0.450 e. The molecule has 128 valence electrons. The molecule has 0 spiro atoms. The minimum atomic E-state index is -0.614. The van der Waals surface area contributed by atoms with Crippen LogP contribution >= 0.6 is 0 Å². The average molecular weight is 342 g/mol. The summed E-state index contributed by atoms with van der Waals surface area (Å²) in [6.07, 6.45) is 0.923. The van der Waals surface area contributed by atoms with Crippen molar-refractivity contribution in [2.45, 2.75) is 6.92 Å². The Morgan fingerprint density at radius 3 is 2.96 bits per heavy atom. The maximum atomic E-state index is 11.4. The van der Waals surface area contributed by atoms with Crippen LogP contribution in [0, 0.1) is 10.1 Å². The van der Waals surface area contributed by atoms with Crippen molar-refractivity contribution < 1.29 is 14.5 Å². The van der Waals surface area contributed by atoms with Crippen molar-refractivity contribution in [1.29, 1.82) is 0 Å². The lowest BCUT2D eigenvalue weighted by atomic mass is 10.2. The van der Waals surface area contributed by atoms with Gasteiger partial charge in [0.2, 0.25) is 5.95 Å². The number of carbonyl (C=O) groups excluding carboxylic acids is 1. The Morgan fingerprint density at radius 1 is 1.36 bits per heavy atom. The quantitative estimate of drug-likeness (QED) is 0.478. The van der Waals surface area contributed by atoms with Crippen LogP contribution < -0.4 is 10.6 Å². The summed E-state index contributed by atoms with van der Waals surface area (Å²) in [4.78, 5) is 33.0. The molecule has 0 saturated heterocycles. The van der Waals surface area contributed by atoms with Gasteiger partial charge in [-0.05, 0) is 19.1 Å². The molecule has 0 unspecified atom stereocenters. The van der Waals surface area contributed by atoms with Crippen molar-refractivity contribution in [2.24, 2.45) is 0 Å². The molecule has 0 fully saturated rings. The Hall–Kier alpha value is -3.69. The number of H-pyrrole nitrogens is 1. The zero-order chi connectivity index (χ0) is 17.8. The fraction of sp³-hybridized carbons (Fsp3) is 0.133. The maximum absolute atomic E-state index is 11.4. The Kier molecular flexibility index (Phi) is 4.42. The summed E-state index contributed by atoms with van der Waals surface area (Å²) in [7, 11) is 0. The van der Waals surface area contributed by atoms with Crippen LogP contribution in [0.5, 0.6) is 0 Å². The predicted molar refractivity (Wildman–Crippen MR) is 90.9 cm³/mol. The lowest BCUT2D eigenvalue weighted by Crippen LogP contribution is -2.14. The van der Waals surface area contributed by atoms with E-state index in [9.17, 15) is 14.9 Å². The molecule has 0 aliphatic carbocycles. The summed E-state index contributed by atoms with van der Waals surface area (Å²) in [6, 6.07) is 7.85. The third-order valence-corrected chi connectivity index (χ3v) is 3.18. The normalized spacial score (nSPS) is 10.4. The number of pyridine rings is 1. The van der Waals surface area contributed by atoms with Gasteiger partial charge in [-0.2, -0.15) is 4.98 Å². The molecule has 2 heterocycles. The second-order valence-electron chi connectivity index (χ2n) is 4.96. The van der Waals surface area contributed by atoms with Crippen LogP contribution in [0.25, 0.3) is 11.2 Å². The summed E-state index contributed by atoms with van der Waals surface area (Å²) in [6.45, 7) is 1.95. The van der Waals surface area contributed by atoms with E-state index in [1.54, 1.807) is 25.1 Å². The van der Waals surface area contributed by atoms with Gasteiger partial charge in [0.15, 0.2) is 5.65 Å². The molecule has 0 atom stereocenters. The van der Waals surface area contributed by atoms with Gasteiger partial charge in [0.25, 0.3) is 5.69 Å². The van der Waals surface area contributed by atoms with Crippen molar-refractivity contribution in [3.05, 3.63) is 46.6 Å². The molecule has 1 aromatic carbocycles. The second kappa shape index (κ2) is 6.83. The number of nitro groups is 1. The van der Waals surface area contributed by atoms with Gasteiger partial charge >= 0.3 is 6.09 Å². The van der Waals surface area contributed by atoms with Crippen LogP contribution in [0.4, 0.5) is 27.8 Å². The molecule has 3 aromatic rings. The van der Waals surface area contributed by atoms with E-state index in [1.165, 1.54) is 18.3 Å². The number of amides is 1. The number of nitrogens with zero attached hydrogens (tertiary/aromatic N) is 3. The van der Waals surface area contributed by atoms with E-state index in [1.807, 2.05) is 0 Å². The van der Waals surface area contributed by atoms with E-state index in [2.05, 4.69) is 25.6 Å². The number of ether oxygens (including phenoxy) is 1. The smallest absolute Gasteiger partial charge is 0.413 e. The van der Waals surface area contributed by atoms with E-state index in [-0.39, 0.29) is 18.2 Å². The molecule has 10 nitrogen and oxygen atoms in total. The number of aromatic nitrogens is 3. The van der Waals surface area contributed by atoms with Crippen LogP contribution in [-0.2, 0) is 4.74 Å². The third-order valence-electron chi connectivity index (χ3n) is 3.18. The number of imidazole rings is 1. The lowest BCUT2D eigenvalue weighted by molar-refractivity contribution is -0.384.